The van der Waals surface area contributed by atoms with Crippen molar-refractivity contribution >= 4 is 72.4 Å². The van der Waals surface area contributed by atoms with E-state index in [1.165, 1.54) is 18.3 Å². The lowest BCUT2D eigenvalue weighted by molar-refractivity contribution is -0.263. The molecule has 0 amide bonds. The Bertz CT molecular complexity index is 2080. The zero-order chi connectivity index (χ0) is 37.3. The molecule has 2 aromatic heterocycles. The molecular weight excluding hydrogens is 746 g/mol. The molecule has 13 heteroatoms. The quantitative estimate of drug-likeness (QED) is 0.109. The van der Waals surface area contributed by atoms with Crippen LogP contribution in [0.3, 0.4) is 0 Å². The van der Waals surface area contributed by atoms with Crippen LogP contribution in [0.15, 0.2) is 94.7 Å². The Morgan fingerprint density at radius 2 is 1.19 bits per heavy atom. The molecular formula is C39H39F3N2O4S4. The summed E-state index contributed by atoms with van der Waals surface area (Å²) in [6.07, 6.45) is 0.794. The number of aliphatic hydroxyl groups is 1. The van der Waals surface area contributed by atoms with E-state index in [1.807, 2.05) is 61.7 Å². The third kappa shape index (κ3) is 10.1. The molecule has 0 aliphatic heterocycles. The van der Waals surface area contributed by atoms with Gasteiger partial charge < -0.3 is 14.6 Å². The molecule has 1 N–H and O–H groups in total. The fourth-order valence-electron chi connectivity index (χ4n) is 5.20. The SMILES string of the molecule is CCC(=O)CCc1ccc(Oc2nc3c(SC)cccc3s2)cc1.CCC(O)(CCc1ccc(Oc2nc3c(SC)cccc3s2)cc1)C(F)(F)F. The lowest BCUT2D eigenvalue weighted by Gasteiger charge is -2.29. The zero-order valence-corrected chi connectivity index (χ0v) is 32.4. The highest BCUT2D eigenvalue weighted by Crippen LogP contribution is 2.38. The molecule has 0 spiro atoms. The van der Waals surface area contributed by atoms with E-state index in [9.17, 15) is 23.1 Å². The van der Waals surface area contributed by atoms with Crippen LogP contribution in [0.25, 0.3) is 20.4 Å². The van der Waals surface area contributed by atoms with Gasteiger partial charge in [0.2, 0.25) is 0 Å². The third-order valence-electron chi connectivity index (χ3n) is 8.45. The van der Waals surface area contributed by atoms with Crippen LogP contribution in [0, 0.1) is 0 Å². The summed E-state index contributed by atoms with van der Waals surface area (Å²) in [6, 6.07) is 26.9. The van der Waals surface area contributed by atoms with Gasteiger partial charge in [-0.3, -0.25) is 4.79 Å². The number of para-hydroxylation sites is 2. The predicted molar refractivity (Wildman–Crippen MR) is 209 cm³/mol. The maximum absolute atomic E-state index is 13.0. The Morgan fingerprint density at radius 1 is 0.731 bits per heavy atom. The molecule has 0 bridgehead atoms. The number of ketones is 1. The summed E-state index contributed by atoms with van der Waals surface area (Å²) in [4.78, 5) is 22.8. The number of Topliss-reactive ketones (excluding diaryl/α,β-unsaturated/α-hetero) is 1. The number of fused-ring (bicyclic) bond motifs is 2. The molecule has 6 nitrogen and oxygen atoms in total. The molecule has 274 valence electrons. The minimum atomic E-state index is -4.63. The fraction of sp³-hybridized carbons (Fsp3) is 0.308. The van der Waals surface area contributed by atoms with Crippen molar-refractivity contribution in [2.75, 3.05) is 12.5 Å². The number of thiazole rings is 2. The topological polar surface area (TPSA) is 81.5 Å². The number of rotatable bonds is 14. The normalized spacial score (nSPS) is 12.7. The third-order valence-corrected chi connectivity index (χ3v) is 11.8. The highest BCUT2D eigenvalue weighted by Gasteiger charge is 2.51. The van der Waals surface area contributed by atoms with E-state index in [4.69, 9.17) is 9.47 Å². The highest BCUT2D eigenvalue weighted by molar-refractivity contribution is 7.99. The summed E-state index contributed by atoms with van der Waals surface area (Å²) in [5.74, 6) is 1.63. The number of carbonyl (C=O) groups excluding carboxylic acids is 1. The summed E-state index contributed by atoms with van der Waals surface area (Å²) in [5.41, 5.74) is 1.10. The highest BCUT2D eigenvalue weighted by atomic mass is 32.2. The van der Waals surface area contributed by atoms with Crippen LogP contribution in [0.5, 0.6) is 21.9 Å². The Hall–Kier alpha value is -3.62. The largest absolute Gasteiger partial charge is 0.431 e. The first-order valence-electron chi connectivity index (χ1n) is 16.7. The van der Waals surface area contributed by atoms with Gasteiger partial charge in [-0.15, -0.1) is 23.5 Å². The van der Waals surface area contributed by atoms with Crippen molar-refractivity contribution in [3.05, 3.63) is 96.1 Å². The summed E-state index contributed by atoms with van der Waals surface area (Å²) in [6.45, 7) is 3.24. The number of alkyl halides is 3. The number of thioether (sulfide) groups is 2. The maximum atomic E-state index is 13.0. The van der Waals surface area contributed by atoms with Crippen LogP contribution in [0.1, 0.15) is 50.7 Å². The van der Waals surface area contributed by atoms with E-state index in [0.717, 1.165) is 48.0 Å². The molecule has 0 aliphatic rings. The molecule has 1 unspecified atom stereocenters. The molecule has 0 radical (unpaired) electrons. The summed E-state index contributed by atoms with van der Waals surface area (Å²) >= 11 is 6.30. The number of aryl methyl sites for hydroxylation is 2. The Balaban J connectivity index is 0.000000203. The molecule has 0 aliphatic carbocycles. The van der Waals surface area contributed by atoms with E-state index in [2.05, 4.69) is 28.4 Å². The number of halogens is 3. The lowest BCUT2D eigenvalue weighted by Crippen LogP contribution is -2.44. The second kappa shape index (κ2) is 17.9. The number of hydrogen-bond donors (Lipinski definition) is 1. The molecule has 0 saturated heterocycles. The maximum Gasteiger partial charge on any atom is 0.417 e. The average Bonchev–Trinajstić information content (AvgIpc) is 3.77. The van der Waals surface area contributed by atoms with Crippen LogP contribution in [0.2, 0.25) is 0 Å². The first-order valence-corrected chi connectivity index (χ1v) is 20.7. The van der Waals surface area contributed by atoms with Crippen molar-refractivity contribution in [2.45, 2.75) is 73.9 Å². The number of carbonyl (C=O) groups is 1. The van der Waals surface area contributed by atoms with Gasteiger partial charge in [0, 0.05) is 22.6 Å². The minimum absolute atomic E-state index is 0.127. The van der Waals surface area contributed by atoms with Crippen molar-refractivity contribution in [1.82, 2.24) is 9.97 Å². The summed E-state index contributed by atoms with van der Waals surface area (Å²) in [7, 11) is 0. The molecule has 6 aromatic rings. The molecule has 6 rings (SSSR count). The first-order chi connectivity index (χ1) is 24.9. The molecule has 4 aromatic carbocycles. The van der Waals surface area contributed by atoms with Gasteiger partial charge in [-0.05, 0) is 97.9 Å². The van der Waals surface area contributed by atoms with Crippen LogP contribution in [0.4, 0.5) is 13.2 Å². The first kappa shape index (κ1) is 39.6. The van der Waals surface area contributed by atoms with Gasteiger partial charge in [-0.1, -0.05) is 72.9 Å². The van der Waals surface area contributed by atoms with Gasteiger partial charge in [0.1, 0.15) is 17.3 Å². The van der Waals surface area contributed by atoms with Gasteiger partial charge >= 0.3 is 6.18 Å². The number of ether oxygens (including phenoxy) is 2. The molecule has 2 heterocycles. The van der Waals surface area contributed by atoms with Gasteiger partial charge in [-0.2, -0.15) is 13.2 Å². The monoisotopic (exact) mass is 784 g/mol. The second-order valence-corrected chi connectivity index (χ2v) is 15.5. The molecule has 1 atom stereocenters. The van der Waals surface area contributed by atoms with Crippen LogP contribution < -0.4 is 9.47 Å². The van der Waals surface area contributed by atoms with Crippen molar-refractivity contribution in [3.63, 3.8) is 0 Å². The zero-order valence-electron chi connectivity index (χ0n) is 29.2. The van der Waals surface area contributed by atoms with E-state index in [-0.39, 0.29) is 19.3 Å². The number of hydrogen-bond acceptors (Lipinski definition) is 10. The Morgan fingerprint density at radius 3 is 1.60 bits per heavy atom. The molecule has 52 heavy (non-hydrogen) atoms. The minimum Gasteiger partial charge on any atom is -0.431 e. The van der Waals surface area contributed by atoms with Gasteiger partial charge in [0.15, 0.2) is 5.60 Å². The van der Waals surface area contributed by atoms with Crippen LogP contribution in [-0.4, -0.2) is 45.1 Å². The van der Waals surface area contributed by atoms with E-state index in [0.29, 0.717) is 40.3 Å². The van der Waals surface area contributed by atoms with Crippen LogP contribution >= 0.6 is 46.2 Å². The van der Waals surface area contributed by atoms with Crippen molar-refractivity contribution in [2.24, 2.45) is 0 Å². The van der Waals surface area contributed by atoms with E-state index >= 15 is 0 Å². The number of nitrogens with zero attached hydrogens (tertiary/aromatic N) is 2. The van der Waals surface area contributed by atoms with Crippen molar-refractivity contribution in [3.8, 4) is 21.9 Å². The predicted octanol–water partition coefficient (Wildman–Crippen LogP) is 12.2. The second-order valence-electron chi connectivity index (χ2n) is 11.8. The van der Waals surface area contributed by atoms with Crippen molar-refractivity contribution in [1.29, 1.82) is 0 Å². The van der Waals surface area contributed by atoms with E-state index < -0.39 is 11.8 Å². The Labute approximate surface area is 317 Å². The summed E-state index contributed by atoms with van der Waals surface area (Å²) in [5, 5.41) is 11.0. The average molecular weight is 785 g/mol. The number of aromatic nitrogens is 2. The fourth-order valence-corrected chi connectivity index (χ4v) is 8.18. The number of benzene rings is 4. The van der Waals surface area contributed by atoms with Crippen molar-refractivity contribution < 1.29 is 32.5 Å². The smallest absolute Gasteiger partial charge is 0.417 e. The van der Waals surface area contributed by atoms with Crippen LogP contribution in [-0.2, 0) is 17.6 Å². The summed E-state index contributed by atoms with van der Waals surface area (Å²) < 4.78 is 52.8. The van der Waals surface area contributed by atoms with Gasteiger partial charge in [-0.25, -0.2) is 9.97 Å². The molecule has 0 fully saturated rings. The van der Waals surface area contributed by atoms with Gasteiger partial charge in [0.25, 0.3) is 10.4 Å². The standard InChI is InChI=1S/C20H20F3NO2S2.C19H19NO2S2/c1-3-19(25,20(21,22)23)12-11-13-7-9-14(10-8-13)26-18-24-17-15(27-2)5-4-6-16(17)28-18;1-3-14(21)10-7-13-8-11-15(12-9-13)22-19-20-18-16(23-2)5-4-6-17(18)24-19/h4-10,25H,3,11-12H2,1-2H3;4-6,8-9,11-12H,3,7,10H2,1-2H3. The van der Waals surface area contributed by atoms with E-state index in [1.54, 1.807) is 59.1 Å². The molecule has 0 saturated carbocycles. The Kier molecular flexibility index (Phi) is 13.7. The lowest BCUT2D eigenvalue weighted by atomic mass is 9.92. The van der Waals surface area contributed by atoms with Gasteiger partial charge in [0.05, 0.1) is 20.4 Å².